The van der Waals surface area contributed by atoms with Gasteiger partial charge in [0.2, 0.25) is 5.91 Å². The molecule has 1 saturated heterocycles. The van der Waals surface area contributed by atoms with Gasteiger partial charge in [0.25, 0.3) is 0 Å². The van der Waals surface area contributed by atoms with Gasteiger partial charge in [0.1, 0.15) is 5.52 Å². The molecule has 1 aromatic carbocycles. The average molecular weight is 350 g/mol. The minimum Gasteiger partial charge on any atom is -0.492 e. The second-order valence-corrected chi connectivity index (χ2v) is 5.99. The van der Waals surface area contributed by atoms with Gasteiger partial charge in [-0.1, -0.05) is 11.6 Å². The summed E-state index contributed by atoms with van der Waals surface area (Å²) in [5.74, 6) is 0.468. The van der Waals surface area contributed by atoms with Crippen LogP contribution < -0.4 is 10.1 Å². The van der Waals surface area contributed by atoms with Crippen molar-refractivity contribution in [2.24, 2.45) is 0 Å². The Morgan fingerprint density at radius 3 is 2.92 bits per heavy atom. The van der Waals surface area contributed by atoms with Crippen LogP contribution in [0.5, 0.6) is 5.75 Å². The van der Waals surface area contributed by atoms with Crippen molar-refractivity contribution in [3.05, 3.63) is 29.4 Å². The van der Waals surface area contributed by atoms with E-state index in [9.17, 15) is 4.79 Å². The van der Waals surface area contributed by atoms with Gasteiger partial charge >= 0.3 is 0 Å². The molecule has 0 radical (unpaired) electrons. The number of rotatable bonds is 5. The first kappa shape index (κ1) is 17.0. The van der Waals surface area contributed by atoms with Crippen LogP contribution in [0, 0.1) is 0 Å². The number of benzene rings is 1. The second-order valence-electron chi connectivity index (χ2n) is 5.59. The number of anilines is 1. The van der Waals surface area contributed by atoms with Gasteiger partial charge in [-0.2, -0.15) is 0 Å². The first-order valence-corrected chi connectivity index (χ1v) is 8.28. The van der Waals surface area contributed by atoms with Crippen molar-refractivity contribution in [1.29, 1.82) is 0 Å². The highest BCUT2D eigenvalue weighted by molar-refractivity contribution is 6.35. The van der Waals surface area contributed by atoms with E-state index in [0.717, 1.165) is 38.2 Å². The zero-order chi connectivity index (χ0) is 16.9. The third kappa shape index (κ3) is 3.77. The minimum absolute atomic E-state index is 0.0545. The van der Waals surface area contributed by atoms with Gasteiger partial charge in [-0.15, -0.1) is 0 Å². The van der Waals surface area contributed by atoms with Crippen molar-refractivity contribution < 1.29 is 14.3 Å². The van der Waals surface area contributed by atoms with E-state index in [4.69, 9.17) is 21.1 Å². The number of amides is 1. The highest BCUT2D eigenvalue weighted by Gasteiger charge is 2.15. The number of nitrogens with one attached hydrogen (secondary N) is 1. The molecule has 0 aliphatic carbocycles. The van der Waals surface area contributed by atoms with Crippen molar-refractivity contribution in [2.45, 2.75) is 6.42 Å². The number of fused-ring (bicyclic) bond motifs is 1. The summed E-state index contributed by atoms with van der Waals surface area (Å²) in [4.78, 5) is 18.8. The van der Waals surface area contributed by atoms with Crippen molar-refractivity contribution in [1.82, 2.24) is 9.88 Å². The molecule has 3 rings (SSSR count). The standard InChI is InChI=1S/C17H20ClN3O3/c1-23-17-14(3-2-12-13(18)4-6-19-16(12)17)20-15(22)5-7-21-8-10-24-11-9-21/h2-4,6H,5,7-11H2,1H3,(H,20,22). The summed E-state index contributed by atoms with van der Waals surface area (Å²) in [6.45, 7) is 3.91. The summed E-state index contributed by atoms with van der Waals surface area (Å²) < 4.78 is 10.8. The molecule has 1 fully saturated rings. The fraction of sp³-hybridized carbons (Fsp3) is 0.412. The Morgan fingerprint density at radius 1 is 1.38 bits per heavy atom. The number of ether oxygens (including phenoxy) is 2. The van der Waals surface area contributed by atoms with Gasteiger partial charge in [-0.3, -0.25) is 14.7 Å². The smallest absolute Gasteiger partial charge is 0.225 e. The van der Waals surface area contributed by atoms with E-state index in [-0.39, 0.29) is 5.91 Å². The van der Waals surface area contributed by atoms with Crippen LogP contribution >= 0.6 is 11.6 Å². The molecular formula is C17H20ClN3O3. The normalized spacial score (nSPS) is 15.4. The van der Waals surface area contributed by atoms with E-state index in [0.29, 0.717) is 28.4 Å². The summed E-state index contributed by atoms with van der Waals surface area (Å²) in [5, 5.41) is 4.30. The summed E-state index contributed by atoms with van der Waals surface area (Å²) in [7, 11) is 1.56. The number of pyridine rings is 1. The minimum atomic E-state index is -0.0545. The Bertz CT molecular complexity index is 732. The Balaban J connectivity index is 1.71. The molecule has 1 N–H and O–H groups in total. The number of aromatic nitrogens is 1. The van der Waals surface area contributed by atoms with Crippen LogP contribution in [0.3, 0.4) is 0 Å². The van der Waals surface area contributed by atoms with Gasteiger partial charge in [0.05, 0.1) is 31.0 Å². The maximum absolute atomic E-state index is 12.3. The maximum Gasteiger partial charge on any atom is 0.225 e. The first-order chi connectivity index (χ1) is 11.7. The monoisotopic (exact) mass is 349 g/mol. The molecule has 0 atom stereocenters. The summed E-state index contributed by atoms with van der Waals surface area (Å²) in [6.07, 6.45) is 2.04. The molecule has 6 nitrogen and oxygen atoms in total. The van der Waals surface area contributed by atoms with Gasteiger partial charge in [-0.25, -0.2) is 0 Å². The molecule has 1 aromatic heterocycles. The molecule has 128 valence electrons. The molecular weight excluding hydrogens is 330 g/mol. The second kappa shape index (κ2) is 7.79. The van der Waals surface area contributed by atoms with Crippen LogP contribution in [0.4, 0.5) is 5.69 Å². The van der Waals surface area contributed by atoms with Crippen LogP contribution in [-0.2, 0) is 9.53 Å². The molecule has 0 spiro atoms. The fourth-order valence-corrected chi connectivity index (χ4v) is 2.97. The van der Waals surface area contributed by atoms with E-state index >= 15 is 0 Å². The van der Waals surface area contributed by atoms with Crippen LogP contribution in [0.1, 0.15) is 6.42 Å². The predicted molar refractivity (Wildman–Crippen MR) is 93.8 cm³/mol. The van der Waals surface area contributed by atoms with Crippen molar-refractivity contribution >= 4 is 34.1 Å². The molecule has 0 bridgehead atoms. The zero-order valence-corrected chi connectivity index (χ0v) is 14.3. The molecule has 1 amide bonds. The van der Waals surface area contributed by atoms with Crippen molar-refractivity contribution in [3.63, 3.8) is 0 Å². The van der Waals surface area contributed by atoms with Gasteiger partial charge in [-0.05, 0) is 18.2 Å². The number of morpholine rings is 1. The Morgan fingerprint density at radius 2 is 2.17 bits per heavy atom. The first-order valence-electron chi connectivity index (χ1n) is 7.90. The molecule has 1 aliphatic rings. The predicted octanol–water partition coefficient (Wildman–Crippen LogP) is 2.56. The fourth-order valence-electron chi connectivity index (χ4n) is 2.76. The third-order valence-corrected chi connectivity index (χ3v) is 4.38. The molecule has 7 heteroatoms. The van der Waals surface area contributed by atoms with Crippen LogP contribution in [-0.4, -0.2) is 55.7 Å². The summed E-state index contributed by atoms with van der Waals surface area (Å²) in [6, 6.07) is 5.36. The SMILES string of the molecule is COc1c(NC(=O)CCN2CCOCC2)ccc2c(Cl)ccnc12. The number of nitrogens with zero attached hydrogens (tertiary/aromatic N) is 2. The molecule has 0 unspecified atom stereocenters. The molecule has 24 heavy (non-hydrogen) atoms. The number of hydrogen-bond donors (Lipinski definition) is 1. The lowest BCUT2D eigenvalue weighted by molar-refractivity contribution is -0.116. The van der Waals surface area contributed by atoms with Crippen LogP contribution in [0.25, 0.3) is 10.9 Å². The Labute approximate surface area is 145 Å². The van der Waals surface area contributed by atoms with Crippen LogP contribution in [0.15, 0.2) is 24.4 Å². The van der Waals surface area contributed by atoms with Crippen LogP contribution in [0.2, 0.25) is 5.02 Å². The number of carbonyl (C=O) groups is 1. The number of carbonyl (C=O) groups excluding carboxylic acids is 1. The lowest BCUT2D eigenvalue weighted by atomic mass is 10.1. The van der Waals surface area contributed by atoms with E-state index in [1.807, 2.05) is 6.07 Å². The van der Waals surface area contributed by atoms with Crippen molar-refractivity contribution in [2.75, 3.05) is 45.3 Å². The zero-order valence-electron chi connectivity index (χ0n) is 13.5. The lowest BCUT2D eigenvalue weighted by Crippen LogP contribution is -2.38. The maximum atomic E-state index is 12.3. The molecule has 2 heterocycles. The highest BCUT2D eigenvalue weighted by Crippen LogP contribution is 2.35. The lowest BCUT2D eigenvalue weighted by Gasteiger charge is -2.26. The van der Waals surface area contributed by atoms with Crippen molar-refractivity contribution in [3.8, 4) is 5.75 Å². The quantitative estimate of drug-likeness (QED) is 0.898. The van der Waals surface area contributed by atoms with Gasteiger partial charge in [0.15, 0.2) is 5.75 Å². The van der Waals surface area contributed by atoms with E-state index in [1.165, 1.54) is 0 Å². The Hall–Kier alpha value is -1.89. The summed E-state index contributed by atoms with van der Waals surface area (Å²) in [5.41, 5.74) is 1.24. The van der Waals surface area contributed by atoms with Gasteiger partial charge in [0, 0.05) is 37.6 Å². The van der Waals surface area contributed by atoms with E-state index in [1.54, 1.807) is 25.4 Å². The summed E-state index contributed by atoms with van der Waals surface area (Å²) >= 11 is 6.18. The Kier molecular flexibility index (Phi) is 5.50. The molecule has 0 saturated carbocycles. The highest BCUT2D eigenvalue weighted by atomic mass is 35.5. The van der Waals surface area contributed by atoms with E-state index < -0.39 is 0 Å². The largest absolute Gasteiger partial charge is 0.492 e. The molecule has 2 aromatic rings. The topological polar surface area (TPSA) is 63.7 Å². The number of halogens is 1. The third-order valence-electron chi connectivity index (χ3n) is 4.05. The number of methoxy groups -OCH3 is 1. The van der Waals surface area contributed by atoms with E-state index in [2.05, 4.69) is 15.2 Å². The molecule has 1 aliphatic heterocycles. The number of hydrogen-bond acceptors (Lipinski definition) is 5. The average Bonchev–Trinajstić information content (AvgIpc) is 2.61. The van der Waals surface area contributed by atoms with Gasteiger partial charge < -0.3 is 14.8 Å².